The molecule has 9 heteroatoms. The number of ether oxygens (including phenoxy) is 1. The number of para-hydroxylation sites is 1. The van der Waals surface area contributed by atoms with E-state index in [-0.39, 0.29) is 12.1 Å². The van der Waals surface area contributed by atoms with Gasteiger partial charge in [0.25, 0.3) is 0 Å². The molecule has 1 fully saturated rings. The van der Waals surface area contributed by atoms with E-state index in [9.17, 15) is 4.79 Å². The Labute approximate surface area is 204 Å². The molecule has 0 saturated carbocycles. The average Bonchev–Trinajstić information content (AvgIpc) is 3.27. The molecule has 182 valence electrons. The van der Waals surface area contributed by atoms with Crippen LogP contribution < -0.4 is 16.2 Å². The number of benzene rings is 2. The van der Waals surface area contributed by atoms with Gasteiger partial charge in [-0.15, -0.1) is 0 Å². The SMILES string of the molecule is CC(N)C=O.CN1CCCC(n2nc(-c3ccc(Oc4ccccc4)cc3)c3c(N)ncnc32)C1. The van der Waals surface area contributed by atoms with Crippen molar-refractivity contribution < 1.29 is 9.53 Å². The van der Waals surface area contributed by atoms with Crippen LogP contribution >= 0.6 is 0 Å². The fourth-order valence-electron chi connectivity index (χ4n) is 4.10. The van der Waals surface area contributed by atoms with Crippen molar-refractivity contribution in [1.82, 2.24) is 24.6 Å². The number of aldehydes is 1. The zero-order valence-corrected chi connectivity index (χ0v) is 20.0. The number of hydrogen-bond donors (Lipinski definition) is 2. The summed E-state index contributed by atoms with van der Waals surface area (Å²) in [5, 5.41) is 5.77. The van der Waals surface area contributed by atoms with E-state index in [0.29, 0.717) is 12.1 Å². The normalized spacial score (nSPS) is 16.8. The number of piperidine rings is 1. The van der Waals surface area contributed by atoms with E-state index in [2.05, 4.69) is 21.9 Å². The number of hydrogen-bond acceptors (Lipinski definition) is 8. The topological polar surface area (TPSA) is 125 Å². The largest absolute Gasteiger partial charge is 0.457 e. The second kappa shape index (κ2) is 11.1. The highest BCUT2D eigenvalue weighted by Gasteiger charge is 2.25. The van der Waals surface area contributed by atoms with Crippen molar-refractivity contribution in [2.24, 2.45) is 5.73 Å². The lowest BCUT2D eigenvalue weighted by atomic mass is 10.1. The molecule has 4 N–H and O–H groups in total. The van der Waals surface area contributed by atoms with E-state index >= 15 is 0 Å². The molecule has 0 spiro atoms. The Bertz CT molecular complexity index is 1260. The summed E-state index contributed by atoms with van der Waals surface area (Å²) in [4.78, 5) is 20.5. The minimum Gasteiger partial charge on any atom is -0.457 e. The first-order valence-electron chi connectivity index (χ1n) is 11.7. The predicted molar refractivity (Wildman–Crippen MR) is 137 cm³/mol. The van der Waals surface area contributed by atoms with Gasteiger partial charge in [0.2, 0.25) is 0 Å². The molecule has 0 aliphatic carbocycles. The van der Waals surface area contributed by atoms with Gasteiger partial charge in [-0.1, -0.05) is 18.2 Å². The molecule has 35 heavy (non-hydrogen) atoms. The van der Waals surface area contributed by atoms with Gasteiger partial charge in [-0.2, -0.15) is 5.10 Å². The molecule has 0 amide bonds. The van der Waals surface area contributed by atoms with E-state index < -0.39 is 0 Å². The first kappa shape index (κ1) is 24.3. The first-order valence-corrected chi connectivity index (χ1v) is 11.7. The quantitative estimate of drug-likeness (QED) is 0.421. The maximum absolute atomic E-state index is 9.38. The van der Waals surface area contributed by atoms with Crippen LogP contribution in [0.3, 0.4) is 0 Å². The number of aromatic nitrogens is 4. The van der Waals surface area contributed by atoms with E-state index in [0.717, 1.165) is 59.7 Å². The zero-order chi connectivity index (χ0) is 24.8. The number of nitrogen functional groups attached to an aromatic ring is 1. The summed E-state index contributed by atoms with van der Waals surface area (Å²) in [5.74, 6) is 2.03. The number of carbonyl (C=O) groups excluding carboxylic acids is 1. The lowest BCUT2D eigenvalue weighted by molar-refractivity contribution is -0.108. The molecule has 1 aliphatic heterocycles. The van der Waals surface area contributed by atoms with Gasteiger partial charge >= 0.3 is 0 Å². The minimum absolute atomic E-state index is 0.273. The van der Waals surface area contributed by atoms with Crippen molar-refractivity contribution in [2.75, 3.05) is 25.9 Å². The molecule has 0 radical (unpaired) electrons. The van der Waals surface area contributed by atoms with Crippen LogP contribution in [0.1, 0.15) is 25.8 Å². The number of fused-ring (bicyclic) bond motifs is 1. The maximum Gasteiger partial charge on any atom is 0.164 e. The van der Waals surface area contributed by atoms with E-state index in [1.165, 1.54) is 6.33 Å². The van der Waals surface area contributed by atoms with Crippen LogP contribution in [0.4, 0.5) is 5.82 Å². The summed E-state index contributed by atoms with van der Waals surface area (Å²) in [6, 6.07) is 17.6. The highest BCUT2D eigenvalue weighted by atomic mass is 16.5. The van der Waals surface area contributed by atoms with Crippen molar-refractivity contribution >= 4 is 23.1 Å². The highest BCUT2D eigenvalue weighted by Crippen LogP contribution is 2.34. The van der Waals surface area contributed by atoms with Gasteiger partial charge in [-0.3, -0.25) is 0 Å². The summed E-state index contributed by atoms with van der Waals surface area (Å²) < 4.78 is 7.95. The Morgan fingerprint density at radius 2 is 1.77 bits per heavy atom. The number of likely N-dealkylation sites (tertiary alicyclic amines) is 1. The van der Waals surface area contributed by atoms with Crippen LogP contribution in [-0.4, -0.2) is 57.1 Å². The van der Waals surface area contributed by atoms with Crippen LogP contribution in [0.15, 0.2) is 60.9 Å². The lowest BCUT2D eigenvalue weighted by Crippen LogP contribution is -2.34. The fraction of sp³-hybridized carbons (Fsp3) is 0.308. The maximum atomic E-state index is 9.38. The van der Waals surface area contributed by atoms with E-state index in [4.69, 9.17) is 21.3 Å². The second-order valence-electron chi connectivity index (χ2n) is 8.74. The zero-order valence-electron chi connectivity index (χ0n) is 20.0. The highest BCUT2D eigenvalue weighted by molar-refractivity contribution is 5.98. The smallest absolute Gasteiger partial charge is 0.164 e. The van der Waals surface area contributed by atoms with Crippen molar-refractivity contribution in [3.05, 3.63) is 60.9 Å². The number of nitrogens with two attached hydrogens (primary N) is 2. The van der Waals surface area contributed by atoms with Gasteiger partial charge in [-0.05, 0) is 69.8 Å². The molecule has 5 rings (SSSR count). The molecule has 2 aromatic carbocycles. The standard InChI is InChI=1S/C23H24N6O.C3H7NO/c1-28-13-5-6-17(14-28)29-23-20(22(24)25-15-26-23)21(27-29)16-9-11-19(12-10-16)30-18-7-3-2-4-8-18;1-3(4)2-5/h2-4,7-12,15,17H,5-6,13-14H2,1H3,(H2,24,25,26);2-3H,4H2,1H3. The number of rotatable bonds is 5. The predicted octanol–water partition coefficient (Wildman–Crippen LogP) is 3.67. The Balaban J connectivity index is 0.000000527. The van der Waals surface area contributed by atoms with Crippen LogP contribution in [0, 0.1) is 0 Å². The molecular weight excluding hydrogens is 442 g/mol. The number of carbonyl (C=O) groups is 1. The summed E-state index contributed by atoms with van der Waals surface area (Å²) in [7, 11) is 2.15. The summed E-state index contributed by atoms with van der Waals surface area (Å²) >= 11 is 0. The fourth-order valence-corrected chi connectivity index (χ4v) is 4.10. The summed E-state index contributed by atoms with van der Waals surface area (Å²) in [6.07, 6.45) is 4.43. The Morgan fingerprint density at radius 1 is 1.09 bits per heavy atom. The summed E-state index contributed by atoms with van der Waals surface area (Å²) in [6.45, 7) is 3.69. The third-order valence-electron chi connectivity index (χ3n) is 5.78. The minimum atomic E-state index is -0.296. The van der Waals surface area contributed by atoms with Crippen LogP contribution in [0.2, 0.25) is 0 Å². The number of likely N-dealkylation sites (N-methyl/N-ethyl adjacent to an activating group) is 1. The lowest BCUT2D eigenvalue weighted by Gasteiger charge is -2.29. The number of anilines is 1. The Kier molecular flexibility index (Phi) is 7.69. The average molecular weight is 474 g/mol. The van der Waals surface area contributed by atoms with Crippen molar-refractivity contribution in [1.29, 1.82) is 0 Å². The molecule has 2 aromatic heterocycles. The molecule has 3 heterocycles. The van der Waals surface area contributed by atoms with Gasteiger partial charge in [0.1, 0.15) is 35.6 Å². The van der Waals surface area contributed by atoms with E-state index in [1.54, 1.807) is 6.92 Å². The van der Waals surface area contributed by atoms with Crippen LogP contribution in [0.25, 0.3) is 22.3 Å². The van der Waals surface area contributed by atoms with Crippen LogP contribution in [-0.2, 0) is 4.79 Å². The molecule has 1 saturated heterocycles. The monoisotopic (exact) mass is 473 g/mol. The molecule has 2 unspecified atom stereocenters. The third-order valence-corrected chi connectivity index (χ3v) is 5.78. The van der Waals surface area contributed by atoms with E-state index in [1.807, 2.05) is 59.3 Å². The van der Waals surface area contributed by atoms with Crippen molar-refractivity contribution in [3.63, 3.8) is 0 Å². The third kappa shape index (κ3) is 5.82. The van der Waals surface area contributed by atoms with Gasteiger partial charge in [0.05, 0.1) is 17.5 Å². The van der Waals surface area contributed by atoms with Gasteiger partial charge in [0.15, 0.2) is 5.65 Å². The molecule has 1 aliphatic rings. The van der Waals surface area contributed by atoms with Crippen LogP contribution in [0.5, 0.6) is 11.5 Å². The Morgan fingerprint density at radius 3 is 2.43 bits per heavy atom. The summed E-state index contributed by atoms with van der Waals surface area (Å²) in [5.41, 5.74) is 13.7. The van der Waals surface area contributed by atoms with Gasteiger partial charge in [-0.25, -0.2) is 14.6 Å². The number of nitrogens with zero attached hydrogens (tertiary/aromatic N) is 5. The van der Waals surface area contributed by atoms with Crippen molar-refractivity contribution in [2.45, 2.75) is 31.8 Å². The molecule has 9 nitrogen and oxygen atoms in total. The molecule has 4 aromatic rings. The second-order valence-corrected chi connectivity index (χ2v) is 8.74. The van der Waals surface area contributed by atoms with Gasteiger partial charge < -0.3 is 25.9 Å². The Hall–Kier alpha value is -3.82. The molecule has 0 bridgehead atoms. The molecule has 2 atom stereocenters. The first-order chi connectivity index (χ1) is 17.0. The van der Waals surface area contributed by atoms with Crippen molar-refractivity contribution in [3.8, 4) is 22.8 Å². The van der Waals surface area contributed by atoms with Gasteiger partial charge in [0, 0.05) is 12.1 Å². The molecular formula is C26H31N7O2.